The van der Waals surface area contributed by atoms with Gasteiger partial charge in [-0.3, -0.25) is 4.98 Å². The highest BCUT2D eigenvalue weighted by Gasteiger charge is 2.58. The van der Waals surface area contributed by atoms with Crippen molar-refractivity contribution < 1.29 is 9.53 Å². The first-order valence-electron chi connectivity index (χ1n) is 9.56. The first-order valence-corrected chi connectivity index (χ1v) is 9.56. The molecule has 26 heavy (non-hydrogen) atoms. The van der Waals surface area contributed by atoms with E-state index < -0.39 is 0 Å². The molecule has 1 saturated carbocycles. The summed E-state index contributed by atoms with van der Waals surface area (Å²) in [6.07, 6.45) is 5.14. The van der Waals surface area contributed by atoms with Crippen LogP contribution in [0, 0.1) is 11.3 Å². The monoisotopic (exact) mass is 353 g/mol. The quantitative estimate of drug-likeness (QED) is 0.887. The third-order valence-corrected chi connectivity index (χ3v) is 6.04. The molecule has 138 valence electrons. The zero-order chi connectivity index (χ0) is 18.1. The van der Waals surface area contributed by atoms with Crippen LogP contribution in [0.2, 0.25) is 0 Å². The number of nitrogens with one attached hydrogen (secondary N) is 2. The van der Waals surface area contributed by atoms with Crippen molar-refractivity contribution >= 4 is 16.9 Å². The number of amides is 2. The van der Waals surface area contributed by atoms with Crippen molar-refractivity contribution in [1.29, 1.82) is 0 Å². The molecule has 2 aliphatic rings. The fourth-order valence-corrected chi connectivity index (χ4v) is 4.69. The zero-order valence-corrected chi connectivity index (χ0v) is 15.5. The molecule has 1 aromatic carbocycles. The average Bonchev–Trinajstić information content (AvgIpc) is 2.66. The molecule has 5 nitrogen and oxygen atoms in total. The highest BCUT2D eigenvalue weighted by molar-refractivity contribution is 5.82. The van der Waals surface area contributed by atoms with E-state index in [4.69, 9.17) is 4.74 Å². The Morgan fingerprint density at radius 1 is 1.31 bits per heavy atom. The summed E-state index contributed by atoms with van der Waals surface area (Å²) in [5, 5.41) is 7.36. The number of carbonyl (C=O) groups is 1. The van der Waals surface area contributed by atoms with Gasteiger partial charge in [0.05, 0.1) is 11.6 Å². The smallest absolute Gasteiger partial charge is 0.315 e. The molecule has 4 rings (SSSR count). The van der Waals surface area contributed by atoms with Crippen LogP contribution in [-0.4, -0.2) is 36.3 Å². The molecule has 3 atom stereocenters. The van der Waals surface area contributed by atoms with E-state index in [1.807, 2.05) is 30.5 Å². The van der Waals surface area contributed by atoms with Crippen LogP contribution in [0.5, 0.6) is 0 Å². The van der Waals surface area contributed by atoms with E-state index in [0.717, 1.165) is 36.8 Å². The Balaban J connectivity index is 1.32. The number of benzene rings is 1. The van der Waals surface area contributed by atoms with Gasteiger partial charge in [-0.1, -0.05) is 32.0 Å². The van der Waals surface area contributed by atoms with Crippen molar-refractivity contribution in [3.63, 3.8) is 0 Å². The second-order valence-corrected chi connectivity index (χ2v) is 8.03. The lowest BCUT2D eigenvalue weighted by atomic mass is 9.55. The summed E-state index contributed by atoms with van der Waals surface area (Å²) in [5.74, 6) is 0.452. The molecule has 2 N–H and O–H groups in total. The van der Waals surface area contributed by atoms with E-state index in [9.17, 15) is 4.79 Å². The van der Waals surface area contributed by atoms with E-state index in [2.05, 4.69) is 35.5 Å². The third-order valence-electron chi connectivity index (χ3n) is 6.04. The summed E-state index contributed by atoms with van der Waals surface area (Å²) in [7, 11) is 0. The predicted octanol–water partition coefficient (Wildman–Crippen LogP) is 3.28. The largest absolute Gasteiger partial charge is 0.377 e. The van der Waals surface area contributed by atoms with Crippen LogP contribution in [-0.2, 0) is 11.2 Å². The maximum atomic E-state index is 12.4. The highest BCUT2D eigenvalue weighted by atomic mass is 16.5. The van der Waals surface area contributed by atoms with Crippen LogP contribution in [0.4, 0.5) is 4.79 Å². The van der Waals surface area contributed by atoms with Gasteiger partial charge in [-0.25, -0.2) is 4.79 Å². The molecule has 0 radical (unpaired) electrons. The molecular weight excluding hydrogens is 326 g/mol. The Bertz CT molecular complexity index is 799. The summed E-state index contributed by atoms with van der Waals surface area (Å²) < 4.78 is 5.91. The van der Waals surface area contributed by atoms with Crippen LogP contribution >= 0.6 is 0 Å². The molecule has 1 saturated heterocycles. The van der Waals surface area contributed by atoms with E-state index in [1.54, 1.807) is 0 Å². The van der Waals surface area contributed by atoms with Crippen molar-refractivity contribution in [1.82, 2.24) is 15.6 Å². The van der Waals surface area contributed by atoms with Gasteiger partial charge in [-0.15, -0.1) is 0 Å². The average molecular weight is 353 g/mol. The molecule has 0 spiro atoms. The van der Waals surface area contributed by atoms with E-state index >= 15 is 0 Å². The van der Waals surface area contributed by atoms with Gasteiger partial charge in [0.15, 0.2) is 0 Å². The molecule has 1 aliphatic heterocycles. The standard InChI is InChI=1S/C21H27N3O2/c1-21(2)18(16-7-5-13-26-19(16)21)24-20(25)23-12-10-14-9-11-22-17-8-4-3-6-15(14)17/h3-4,6,8-9,11,16,18-19H,5,7,10,12-13H2,1-2H3,(H2,23,24,25). The number of rotatable bonds is 4. The lowest BCUT2D eigenvalue weighted by molar-refractivity contribution is -0.189. The fourth-order valence-electron chi connectivity index (χ4n) is 4.69. The summed E-state index contributed by atoms with van der Waals surface area (Å²) in [5.41, 5.74) is 2.21. The topological polar surface area (TPSA) is 63.2 Å². The molecular formula is C21H27N3O2. The van der Waals surface area contributed by atoms with Crippen LogP contribution < -0.4 is 10.6 Å². The minimum Gasteiger partial charge on any atom is -0.377 e. The lowest BCUT2D eigenvalue weighted by Gasteiger charge is -2.59. The molecule has 2 amide bonds. The van der Waals surface area contributed by atoms with Crippen LogP contribution in [0.25, 0.3) is 10.9 Å². The van der Waals surface area contributed by atoms with Gasteiger partial charge in [0.1, 0.15) is 0 Å². The van der Waals surface area contributed by atoms with Gasteiger partial charge >= 0.3 is 6.03 Å². The molecule has 3 unspecified atom stereocenters. The second kappa shape index (κ2) is 6.88. The normalized spacial score (nSPS) is 26.6. The molecule has 1 aliphatic carbocycles. The van der Waals surface area contributed by atoms with Crippen molar-refractivity contribution in [3.05, 3.63) is 42.1 Å². The van der Waals surface area contributed by atoms with Gasteiger partial charge in [-0.2, -0.15) is 0 Å². The minimum atomic E-state index is -0.0783. The number of carbonyl (C=O) groups excluding carboxylic acids is 1. The molecule has 1 aromatic heterocycles. The van der Waals surface area contributed by atoms with Crippen molar-refractivity contribution in [3.8, 4) is 0 Å². The second-order valence-electron chi connectivity index (χ2n) is 8.03. The Kier molecular flexibility index (Phi) is 4.57. The third kappa shape index (κ3) is 3.05. The fraction of sp³-hybridized carbons (Fsp3) is 0.524. The Labute approximate surface area is 154 Å². The number of nitrogens with zero attached hydrogens (tertiary/aromatic N) is 1. The molecule has 2 heterocycles. The van der Waals surface area contributed by atoms with Gasteiger partial charge in [0, 0.05) is 42.1 Å². The lowest BCUT2D eigenvalue weighted by Crippen LogP contribution is -2.70. The van der Waals surface area contributed by atoms with Gasteiger partial charge in [0.2, 0.25) is 0 Å². The zero-order valence-electron chi connectivity index (χ0n) is 15.5. The summed E-state index contributed by atoms with van der Waals surface area (Å²) >= 11 is 0. The Hall–Kier alpha value is -2.14. The van der Waals surface area contributed by atoms with Crippen LogP contribution in [0.3, 0.4) is 0 Å². The maximum Gasteiger partial charge on any atom is 0.315 e. The number of fused-ring (bicyclic) bond motifs is 2. The number of para-hydroxylation sites is 1. The summed E-state index contributed by atoms with van der Waals surface area (Å²) in [4.78, 5) is 16.8. The van der Waals surface area contributed by atoms with Crippen molar-refractivity contribution in [2.75, 3.05) is 13.2 Å². The number of pyridine rings is 1. The number of hydrogen-bond acceptors (Lipinski definition) is 3. The van der Waals surface area contributed by atoms with Gasteiger partial charge in [0.25, 0.3) is 0 Å². The molecule has 2 aromatic rings. The van der Waals surface area contributed by atoms with Crippen molar-refractivity contribution in [2.45, 2.75) is 45.3 Å². The van der Waals surface area contributed by atoms with Crippen LogP contribution in [0.1, 0.15) is 32.3 Å². The summed E-state index contributed by atoms with van der Waals surface area (Å²) in [6, 6.07) is 10.3. The first-order chi connectivity index (χ1) is 12.6. The maximum absolute atomic E-state index is 12.4. The van der Waals surface area contributed by atoms with Crippen LogP contribution in [0.15, 0.2) is 36.5 Å². The van der Waals surface area contributed by atoms with E-state index in [0.29, 0.717) is 12.5 Å². The van der Waals surface area contributed by atoms with E-state index in [-0.39, 0.29) is 23.6 Å². The Morgan fingerprint density at radius 2 is 2.15 bits per heavy atom. The van der Waals surface area contributed by atoms with Crippen molar-refractivity contribution in [2.24, 2.45) is 11.3 Å². The first kappa shape index (κ1) is 17.3. The number of urea groups is 1. The number of ether oxygens (including phenoxy) is 1. The number of hydrogen-bond donors (Lipinski definition) is 2. The molecule has 2 fully saturated rings. The van der Waals surface area contributed by atoms with Gasteiger partial charge < -0.3 is 15.4 Å². The van der Waals surface area contributed by atoms with Gasteiger partial charge in [-0.05, 0) is 37.0 Å². The predicted molar refractivity (Wildman–Crippen MR) is 102 cm³/mol. The number of aromatic nitrogens is 1. The SMILES string of the molecule is CC1(C)C(NC(=O)NCCc2ccnc3ccccc23)C2CCCOC21. The van der Waals surface area contributed by atoms with E-state index in [1.165, 1.54) is 5.56 Å². The molecule has 0 bridgehead atoms. The Morgan fingerprint density at radius 3 is 3.04 bits per heavy atom. The highest BCUT2D eigenvalue weighted by Crippen LogP contribution is 2.51. The summed E-state index contributed by atoms with van der Waals surface area (Å²) in [6.45, 7) is 5.84. The molecule has 5 heteroatoms. The minimum absolute atomic E-state index is 0.00370.